The highest BCUT2D eigenvalue weighted by molar-refractivity contribution is 5.69. The molecule has 0 aromatic heterocycles. The number of hydrogen-bond acceptors (Lipinski definition) is 7. The lowest BCUT2D eigenvalue weighted by molar-refractivity contribution is -0.183. The Hall–Kier alpha value is -2.56. The normalized spacial score (nSPS) is 29.4. The summed E-state index contributed by atoms with van der Waals surface area (Å²) >= 11 is 0. The van der Waals surface area contributed by atoms with Crippen LogP contribution in [0.4, 0.5) is 8.78 Å². The maximum atomic E-state index is 14.2. The number of ether oxygens (including phenoxy) is 5. The average molecular weight is 595 g/mol. The van der Waals surface area contributed by atoms with Crippen LogP contribution in [0.2, 0.25) is 0 Å². The molecule has 0 bridgehead atoms. The van der Waals surface area contributed by atoms with E-state index in [1.807, 2.05) is 19.1 Å². The van der Waals surface area contributed by atoms with Crippen molar-refractivity contribution in [3.63, 3.8) is 0 Å². The summed E-state index contributed by atoms with van der Waals surface area (Å²) in [6.45, 7) is 3.56. The van der Waals surface area contributed by atoms with Gasteiger partial charge in [0.1, 0.15) is 24.6 Å². The third-order valence-electron chi connectivity index (χ3n) is 8.77. The van der Waals surface area contributed by atoms with Gasteiger partial charge in [-0.05, 0) is 75.3 Å². The summed E-state index contributed by atoms with van der Waals surface area (Å²) in [4.78, 5) is 22.9. The summed E-state index contributed by atoms with van der Waals surface area (Å²) in [6, 6.07) is 3.05. The van der Waals surface area contributed by atoms with Gasteiger partial charge in [-0.3, -0.25) is 9.59 Å². The van der Waals surface area contributed by atoms with Gasteiger partial charge in [0.05, 0.1) is 12.0 Å². The zero-order valence-electron chi connectivity index (χ0n) is 24.3. The Kier molecular flexibility index (Phi) is 12.6. The van der Waals surface area contributed by atoms with Gasteiger partial charge in [0.2, 0.25) is 0 Å². The Morgan fingerprint density at radius 3 is 2.76 bits per heavy atom. The number of rotatable bonds is 15. The lowest BCUT2D eigenvalue weighted by Crippen LogP contribution is -2.31. The third kappa shape index (κ3) is 9.22. The smallest absolute Gasteiger partial charge is 0.306 e. The summed E-state index contributed by atoms with van der Waals surface area (Å²) in [5.41, 5.74) is 0. The Morgan fingerprint density at radius 2 is 2.02 bits per heavy atom. The van der Waals surface area contributed by atoms with Crippen molar-refractivity contribution in [3.05, 3.63) is 42.0 Å². The van der Waals surface area contributed by atoms with E-state index in [-0.39, 0.29) is 48.2 Å². The highest BCUT2D eigenvalue weighted by atomic mass is 19.1. The van der Waals surface area contributed by atoms with E-state index in [9.17, 15) is 23.5 Å². The van der Waals surface area contributed by atoms with E-state index in [0.717, 1.165) is 63.1 Å². The molecule has 2 saturated heterocycles. The number of carboxylic acid groups (broad SMARTS) is 1. The second-order valence-corrected chi connectivity index (χ2v) is 11.7. The minimum absolute atomic E-state index is 0.0577. The highest BCUT2D eigenvalue weighted by Crippen LogP contribution is 2.43. The molecule has 234 valence electrons. The molecule has 2 heterocycles. The topological polar surface area (TPSA) is 101 Å². The van der Waals surface area contributed by atoms with Gasteiger partial charge in [0, 0.05) is 31.6 Å². The van der Waals surface area contributed by atoms with Gasteiger partial charge in [-0.1, -0.05) is 25.5 Å². The first-order valence-corrected chi connectivity index (χ1v) is 15.3. The van der Waals surface area contributed by atoms with E-state index in [1.54, 1.807) is 0 Å². The number of carboxylic acids is 1. The second kappa shape index (κ2) is 16.3. The van der Waals surface area contributed by atoms with Crippen LogP contribution in [-0.4, -0.2) is 62.0 Å². The van der Waals surface area contributed by atoms with Crippen molar-refractivity contribution in [2.75, 3.05) is 19.8 Å². The number of benzene rings is 1. The fourth-order valence-corrected chi connectivity index (χ4v) is 6.48. The van der Waals surface area contributed by atoms with Crippen molar-refractivity contribution in [2.24, 2.45) is 23.7 Å². The zero-order valence-corrected chi connectivity index (χ0v) is 24.3. The number of carbonyl (C=O) groups is 2. The van der Waals surface area contributed by atoms with Crippen LogP contribution < -0.4 is 4.74 Å². The first-order chi connectivity index (χ1) is 20.4. The van der Waals surface area contributed by atoms with Crippen molar-refractivity contribution < 1.29 is 47.2 Å². The molecule has 3 aliphatic rings. The van der Waals surface area contributed by atoms with Crippen molar-refractivity contribution in [1.82, 2.24) is 0 Å². The van der Waals surface area contributed by atoms with Crippen molar-refractivity contribution in [1.29, 1.82) is 0 Å². The van der Waals surface area contributed by atoms with Crippen LogP contribution in [0.25, 0.3) is 0 Å². The summed E-state index contributed by atoms with van der Waals surface area (Å²) in [5, 5.41) is 9.53. The van der Waals surface area contributed by atoms with Crippen LogP contribution in [0.3, 0.4) is 0 Å². The molecule has 1 saturated carbocycles. The van der Waals surface area contributed by atoms with E-state index in [0.29, 0.717) is 38.9 Å². The summed E-state index contributed by atoms with van der Waals surface area (Å²) in [6.07, 6.45) is 10.3. The zero-order chi connectivity index (χ0) is 29.9. The molecule has 1 N–H and O–H groups in total. The molecular formula is C32H44F2O8. The van der Waals surface area contributed by atoms with Crippen LogP contribution in [-0.2, 0) is 28.5 Å². The van der Waals surface area contributed by atoms with Crippen LogP contribution in [0, 0.1) is 35.3 Å². The Balaban J connectivity index is 1.43. The van der Waals surface area contributed by atoms with E-state index in [4.69, 9.17) is 23.7 Å². The van der Waals surface area contributed by atoms with Crippen molar-refractivity contribution in [3.8, 4) is 5.75 Å². The van der Waals surface area contributed by atoms with Gasteiger partial charge in [0.15, 0.2) is 17.9 Å². The minimum Gasteiger partial charge on any atom is -0.487 e. The van der Waals surface area contributed by atoms with Gasteiger partial charge >= 0.3 is 5.97 Å². The maximum absolute atomic E-state index is 14.2. The predicted molar refractivity (Wildman–Crippen MR) is 150 cm³/mol. The molecule has 3 fully saturated rings. The lowest BCUT2D eigenvalue weighted by atomic mass is 9.85. The Morgan fingerprint density at radius 1 is 1.17 bits per heavy atom. The minimum atomic E-state index is -0.734. The summed E-state index contributed by atoms with van der Waals surface area (Å²) < 4.78 is 57.3. The number of carbonyl (C=O) groups excluding carboxylic acids is 1. The van der Waals surface area contributed by atoms with Gasteiger partial charge in [-0.25, -0.2) is 8.78 Å². The largest absolute Gasteiger partial charge is 0.487 e. The number of hydrogen-bond donors (Lipinski definition) is 1. The van der Waals surface area contributed by atoms with Crippen LogP contribution in [0.5, 0.6) is 5.75 Å². The Bertz CT molecular complexity index is 1030. The van der Waals surface area contributed by atoms with E-state index in [2.05, 4.69) is 0 Å². The molecular weight excluding hydrogens is 550 g/mol. The van der Waals surface area contributed by atoms with Gasteiger partial charge in [0.25, 0.3) is 6.47 Å². The van der Waals surface area contributed by atoms with Gasteiger partial charge in [-0.15, -0.1) is 0 Å². The predicted octanol–water partition coefficient (Wildman–Crippen LogP) is 6.07. The standard InChI is InChI=1S/C32H44F2O8/c1-2-5-22(32(36)37)9-7-21-8-12-25-26(29(41-20-35)17-28(25)39-18-21)13-11-24(42-31-6-3-4-15-38-31)19-40-30-16-23(33)10-14-27(30)34/h10-11,13-14,16,20-22,24-26,28-29,31H,2-9,12,15,17-19H2,1H3,(H,36,37)/t21-,22?,24-,25-,26-,28+,29+,31?/m1/s1. The maximum Gasteiger partial charge on any atom is 0.306 e. The van der Waals surface area contributed by atoms with Crippen molar-refractivity contribution in [2.45, 2.75) is 95.7 Å². The van der Waals surface area contributed by atoms with E-state index >= 15 is 0 Å². The first-order valence-electron chi connectivity index (χ1n) is 15.3. The average Bonchev–Trinajstić information content (AvgIpc) is 3.17. The van der Waals surface area contributed by atoms with Gasteiger partial charge in [-0.2, -0.15) is 0 Å². The number of halogens is 2. The molecule has 2 aliphatic heterocycles. The van der Waals surface area contributed by atoms with Crippen LogP contribution in [0.1, 0.15) is 71.1 Å². The van der Waals surface area contributed by atoms with Crippen LogP contribution >= 0.6 is 0 Å². The van der Waals surface area contributed by atoms with Gasteiger partial charge < -0.3 is 28.8 Å². The highest BCUT2D eigenvalue weighted by Gasteiger charge is 2.45. The molecule has 4 rings (SSSR count). The van der Waals surface area contributed by atoms with Crippen LogP contribution in [0.15, 0.2) is 30.4 Å². The SMILES string of the molecule is CCCC(CC[C@@H]1CC[C@@H]2[C@@H](C=C[C@H](COc3cc(F)ccc3F)OC3CCCCO3)[C@@H](OC=O)C[C@@H]2OC1)C(=O)O. The molecule has 2 unspecified atom stereocenters. The molecule has 0 radical (unpaired) electrons. The molecule has 8 nitrogen and oxygen atoms in total. The molecule has 1 aromatic carbocycles. The number of aliphatic carboxylic acids is 1. The molecule has 42 heavy (non-hydrogen) atoms. The molecule has 1 aromatic rings. The molecule has 1 aliphatic carbocycles. The second-order valence-electron chi connectivity index (χ2n) is 11.7. The fraction of sp³-hybridized carbons (Fsp3) is 0.688. The molecule has 10 heteroatoms. The monoisotopic (exact) mass is 594 g/mol. The number of fused-ring (bicyclic) bond motifs is 1. The lowest BCUT2D eigenvalue weighted by Gasteiger charge is -2.27. The molecule has 8 atom stereocenters. The molecule has 0 amide bonds. The van der Waals surface area contributed by atoms with Crippen molar-refractivity contribution >= 4 is 12.4 Å². The van der Waals surface area contributed by atoms with E-state index in [1.165, 1.54) is 0 Å². The quantitative estimate of drug-likeness (QED) is 0.193. The fourth-order valence-electron chi connectivity index (χ4n) is 6.48. The third-order valence-corrected chi connectivity index (χ3v) is 8.77. The molecule has 0 spiro atoms. The first kappa shape index (κ1) is 32.4. The van der Waals surface area contributed by atoms with E-state index < -0.39 is 30.0 Å². The summed E-state index contributed by atoms with van der Waals surface area (Å²) in [7, 11) is 0. The Labute approximate surface area is 246 Å². The summed E-state index contributed by atoms with van der Waals surface area (Å²) in [5.74, 6) is -2.27.